The molecule has 2 aromatic carbocycles. The summed E-state index contributed by atoms with van der Waals surface area (Å²) in [6.07, 6.45) is 1.93. The third-order valence-corrected chi connectivity index (χ3v) is 5.91. The van der Waals surface area contributed by atoms with Crippen molar-refractivity contribution in [3.8, 4) is 11.8 Å². The first-order valence-corrected chi connectivity index (χ1v) is 12.9. The third kappa shape index (κ3) is 8.38. The van der Waals surface area contributed by atoms with Crippen LogP contribution in [0.2, 0.25) is 0 Å². The summed E-state index contributed by atoms with van der Waals surface area (Å²) in [5.41, 5.74) is 1.54. The van der Waals surface area contributed by atoms with Crippen molar-refractivity contribution in [1.29, 1.82) is 0 Å². The standard InChI is InChI=1S/C30H37N3O4/c1-5-6-17-27(34)33(26-15-8-7-9-16-26)18-11-13-24-12-10-14-25(23-24)28(35)31-19-21-32(22-20-31)29(36)37-30(2,3)4/h7-10,12,14-16,23H,5-6,17-22H2,1-4H3. The van der Waals surface area contributed by atoms with Crippen molar-refractivity contribution in [3.05, 3.63) is 65.7 Å². The lowest BCUT2D eigenvalue weighted by Crippen LogP contribution is -2.51. The number of piperazine rings is 1. The number of nitrogens with zero attached hydrogens (tertiary/aromatic N) is 3. The third-order valence-electron chi connectivity index (χ3n) is 5.91. The van der Waals surface area contributed by atoms with E-state index in [1.165, 1.54) is 0 Å². The lowest BCUT2D eigenvalue weighted by molar-refractivity contribution is -0.118. The van der Waals surface area contributed by atoms with Crippen LogP contribution in [-0.4, -0.2) is 66.0 Å². The second-order valence-corrected chi connectivity index (χ2v) is 10.1. The zero-order valence-corrected chi connectivity index (χ0v) is 22.3. The van der Waals surface area contributed by atoms with Crippen molar-refractivity contribution in [2.45, 2.75) is 52.6 Å². The molecule has 196 valence electrons. The van der Waals surface area contributed by atoms with Crippen LogP contribution in [0, 0.1) is 11.8 Å². The SMILES string of the molecule is CCCCC(=O)N(CC#Cc1cccc(C(=O)N2CCN(C(=O)OC(C)(C)C)CC2)c1)c1ccccc1. The van der Waals surface area contributed by atoms with Crippen molar-refractivity contribution in [2.75, 3.05) is 37.6 Å². The Hall–Kier alpha value is -3.79. The summed E-state index contributed by atoms with van der Waals surface area (Å²) >= 11 is 0. The van der Waals surface area contributed by atoms with Gasteiger partial charge in [-0.1, -0.05) is 49.5 Å². The molecule has 3 rings (SSSR count). The van der Waals surface area contributed by atoms with Gasteiger partial charge in [0.05, 0.1) is 6.54 Å². The molecule has 0 saturated carbocycles. The zero-order valence-electron chi connectivity index (χ0n) is 22.3. The fourth-order valence-corrected chi connectivity index (χ4v) is 3.95. The Morgan fingerprint density at radius 2 is 1.62 bits per heavy atom. The Balaban J connectivity index is 1.63. The molecule has 1 saturated heterocycles. The van der Waals surface area contributed by atoms with E-state index in [0.717, 1.165) is 18.5 Å². The molecule has 1 heterocycles. The van der Waals surface area contributed by atoms with Gasteiger partial charge >= 0.3 is 6.09 Å². The second kappa shape index (κ2) is 13.0. The van der Waals surface area contributed by atoms with Gasteiger partial charge in [0.15, 0.2) is 0 Å². The summed E-state index contributed by atoms with van der Waals surface area (Å²) in [6.45, 7) is 9.60. The Morgan fingerprint density at radius 3 is 2.27 bits per heavy atom. The fourth-order valence-electron chi connectivity index (χ4n) is 3.95. The monoisotopic (exact) mass is 503 g/mol. The minimum Gasteiger partial charge on any atom is -0.444 e. The number of hydrogen-bond acceptors (Lipinski definition) is 4. The first kappa shape index (κ1) is 27.8. The molecule has 0 bridgehead atoms. The molecular formula is C30H37N3O4. The molecule has 0 radical (unpaired) electrons. The minimum absolute atomic E-state index is 0.0526. The second-order valence-electron chi connectivity index (χ2n) is 10.1. The van der Waals surface area contributed by atoms with E-state index < -0.39 is 5.60 Å². The number of rotatable bonds is 6. The largest absolute Gasteiger partial charge is 0.444 e. The molecule has 1 fully saturated rings. The summed E-state index contributed by atoms with van der Waals surface area (Å²) < 4.78 is 5.43. The molecule has 0 atom stereocenters. The molecule has 1 aliphatic rings. The first-order chi connectivity index (χ1) is 17.7. The Morgan fingerprint density at radius 1 is 0.946 bits per heavy atom. The number of benzene rings is 2. The molecule has 0 spiro atoms. The zero-order chi connectivity index (χ0) is 26.8. The van der Waals surface area contributed by atoms with Crippen molar-refractivity contribution in [1.82, 2.24) is 9.80 Å². The molecule has 7 nitrogen and oxygen atoms in total. The topological polar surface area (TPSA) is 70.2 Å². The first-order valence-electron chi connectivity index (χ1n) is 12.9. The van der Waals surface area contributed by atoms with Crippen molar-refractivity contribution < 1.29 is 19.1 Å². The van der Waals surface area contributed by atoms with Crippen LogP contribution in [0.15, 0.2) is 54.6 Å². The van der Waals surface area contributed by atoms with Gasteiger partial charge in [-0.3, -0.25) is 9.59 Å². The van der Waals surface area contributed by atoms with Crippen LogP contribution in [0.3, 0.4) is 0 Å². The number of amides is 3. The van der Waals surface area contributed by atoms with Crippen molar-refractivity contribution in [2.24, 2.45) is 0 Å². The predicted molar refractivity (Wildman–Crippen MR) is 145 cm³/mol. The van der Waals surface area contributed by atoms with Gasteiger partial charge in [-0.2, -0.15) is 0 Å². The van der Waals surface area contributed by atoms with E-state index in [1.54, 1.807) is 26.8 Å². The van der Waals surface area contributed by atoms with Crippen LogP contribution in [0.1, 0.15) is 62.9 Å². The van der Waals surface area contributed by atoms with Crippen LogP contribution < -0.4 is 4.90 Å². The van der Waals surface area contributed by atoms with E-state index in [-0.39, 0.29) is 24.5 Å². The van der Waals surface area contributed by atoms with Crippen LogP contribution in [0.4, 0.5) is 10.5 Å². The van der Waals surface area contributed by atoms with Gasteiger partial charge < -0.3 is 19.4 Å². The molecule has 0 aromatic heterocycles. The maximum atomic E-state index is 13.1. The van der Waals surface area contributed by atoms with Crippen LogP contribution in [0.25, 0.3) is 0 Å². The van der Waals surface area contributed by atoms with Crippen LogP contribution in [-0.2, 0) is 9.53 Å². The molecule has 7 heteroatoms. The summed E-state index contributed by atoms with van der Waals surface area (Å²) in [6, 6.07) is 16.8. The lowest BCUT2D eigenvalue weighted by Gasteiger charge is -2.35. The molecule has 1 aliphatic heterocycles. The number of anilines is 1. The van der Waals surface area contributed by atoms with Crippen molar-refractivity contribution >= 4 is 23.6 Å². The van der Waals surface area contributed by atoms with E-state index in [0.29, 0.717) is 43.7 Å². The van der Waals surface area contributed by atoms with Gasteiger partial charge in [0.25, 0.3) is 5.91 Å². The maximum absolute atomic E-state index is 13.1. The van der Waals surface area contributed by atoms with Gasteiger partial charge in [0.1, 0.15) is 5.60 Å². The number of para-hydroxylation sites is 1. The highest BCUT2D eigenvalue weighted by atomic mass is 16.6. The number of ether oxygens (including phenoxy) is 1. The van der Waals surface area contributed by atoms with Gasteiger partial charge in [0.2, 0.25) is 5.91 Å². The molecule has 0 unspecified atom stereocenters. The number of carbonyl (C=O) groups excluding carboxylic acids is 3. The molecule has 37 heavy (non-hydrogen) atoms. The molecular weight excluding hydrogens is 466 g/mol. The van der Waals surface area contributed by atoms with Gasteiger partial charge in [0, 0.05) is 49.4 Å². The Bertz CT molecular complexity index is 1140. The van der Waals surface area contributed by atoms with Crippen molar-refractivity contribution in [3.63, 3.8) is 0 Å². The van der Waals surface area contributed by atoms with E-state index in [9.17, 15) is 14.4 Å². The fraction of sp³-hybridized carbons (Fsp3) is 0.433. The highest BCUT2D eigenvalue weighted by molar-refractivity contribution is 5.95. The van der Waals surface area contributed by atoms with Gasteiger partial charge in [-0.25, -0.2) is 4.79 Å². The Labute approximate surface area is 220 Å². The minimum atomic E-state index is -0.549. The molecule has 2 aromatic rings. The summed E-state index contributed by atoms with van der Waals surface area (Å²) in [4.78, 5) is 43.3. The van der Waals surface area contributed by atoms with Crippen LogP contribution >= 0.6 is 0 Å². The maximum Gasteiger partial charge on any atom is 0.410 e. The van der Waals surface area contributed by atoms with Gasteiger partial charge in [-0.15, -0.1) is 0 Å². The predicted octanol–water partition coefficient (Wildman–Crippen LogP) is 4.95. The lowest BCUT2D eigenvalue weighted by atomic mass is 10.1. The summed E-state index contributed by atoms with van der Waals surface area (Å²) in [5.74, 6) is 6.19. The van der Waals surface area contributed by atoms with E-state index in [2.05, 4.69) is 18.8 Å². The molecule has 0 aliphatic carbocycles. The number of carbonyl (C=O) groups is 3. The summed E-state index contributed by atoms with van der Waals surface area (Å²) in [7, 11) is 0. The quantitative estimate of drug-likeness (QED) is 0.523. The van der Waals surface area contributed by atoms with E-state index in [1.807, 2.05) is 63.2 Å². The van der Waals surface area contributed by atoms with E-state index in [4.69, 9.17) is 4.74 Å². The number of unbranched alkanes of at least 4 members (excludes halogenated alkanes) is 1. The van der Waals surface area contributed by atoms with Gasteiger partial charge in [-0.05, 0) is 57.5 Å². The van der Waals surface area contributed by atoms with Crippen LogP contribution in [0.5, 0.6) is 0 Å². The highest BCUT2D eigenvalue weighted by Gasteiger charge is 2.28. The smallest absolute Gasteiger partial charge is 0.410 e. The van der Waals surface area contributed by atoms with E-state index >= 15 is 0 Å². The Kier molecular flexibility index (Phi) is 9.73. The highest BCUT2D eigenvalue weighted by Crippen LogP contribution is 2.16. The molecule has 0 N–H and O–H groups in total. The summed E-state index contributed by atoms with van der Waals surface area (Å²) in [5, 5.41) is 0. The number of hydrogen-bond donors (Lipinski definition) is 0. The average molecular weight is 504 g/mol. The average Bonchev–Trinajstić information content (AvgIpc) is 2.89. The molecule has 3 amide bonds. The normalized spacial score (nSPS) is 13.4.